The topological polar surface area (TPSA) is 42.5 Å². The van der Waals surface area contributed by atoms with Crippen molar-refractivity contribution in [2.24, 2.45) is 0 Å². The quantitative estimate of drug-likeness (QED) is 0.723. The third-order valence-corrected chi connectivity index (χ3v) is 3.11. The zero-order chi connectivity index (χ0) is 15.8. The van der Waals surface area contributed by atoms with Gasteiger partial charge in [-0.1, -0.05) is 12.1 Å². The molecule has 0 bridgehead atoms. The number of nitrogens with one attached hydrogen (secondary N) is 2. The Hall–Kier alpha value is -2.36. The van der Waals surface area contributed by atoms with Gasteiger partial charge in [-0.2, -0.15) is 0 Å². The van der Waals surface area contributed by atoms with Gasteiger partial charge in [0, 0.05) is 18.8 Å². The first-order chi connectivity index (χ1) is 10.7. The van der Waals surface area contributed by atoms with E-state index >= 15 is 0 Å². The minimum Gasteiger partial charge on any atom is -0.497 e. The molecule has 2 rings (SSSR count). The minimum atomic E-state index is 0.167. The van der Waals surface area contributed by atoms with Gasteiger partial charge in [0.15, 0.2) is 0 Å². The second-order valence-electron chi connectivity index (χ2n) is 5.24. The number of anilines is 2. The molecule has 4 nitrogen and oxygen atoms in total. The van der Waals surface area contributed by atoms with Crippen molar-refractivity contribution < 1.29 is 9.47 Å². The fourth-order valence-electron chi connectivity index (χ4n) is 2.08. The molecule has 0 saturated carbocycles. The lowest BCUT2D eigenvalue weighted by Crippen LogP contribution is -2.15. The Bertz CT molecular complexity index is 568. The Morgan fingerprint density at radius 1 is 0.909 bits per heavy atom. The van der Waals surface area contributed by atoms with Crippen LogP contribution in [0.25, 0.3) is 0 Å². The molecular formula is C18H24N2O2. The summed E-state index contributed by atoms with van der Waals surface area (Å²) < 4.78 is 10.9. The Morgan fingerprint density at radius 3 is 2.27 bits per heavy atom. The van der Waals surface area contributed by atoms with Crippen molar-refractivity contribution in [1.82, 2.24) is 0 Å². The van der Waals surface area contributed by atoms with Crippen molar-refractivity contribution in [1.29, 1.82) is 0 Å². The predicted octanol–water partition coefficient (Wildman–Crippen LogP) is 4.01. The second kappa shape index (κ2) is 8.17. The van der Waals surface area contributed by atoms with Gasteiger partial charge in [-0.25, -0.2) is 0 Å². The molecule has 0 unspecified atom stereocenters. The van der Waals surface area contributed by atoms with Gasteiger partial charge in [0.25, 0.3) is 0 Å². The van der Waals surface area contributed by atoms with Crippen LogP contribution in [-0.4, -0.2) is 26.3 Å². The van der Waals surface area contributed by atoms with Crippen LogP contribution >= 0.6 is 0 Å². The Labute approximate surface area is 132 Å². The van der Waals surface area contributed by atoms with Gasteiger partial charge in [-0.3, -0.25) is 0 Å². The van der Waals surface area contributed by atoms with E-state index in [2.05, 4.69) is 10.6 Å². The lowest BCUT2D eigenvalue weighted by Gasteiger charge is -2.15. The van der Waals surface area contributed by atoms with E-state index in [1.807, 2.05) is 62.4 Å². The van der Waals surface area contributed by atoms with Crippen LogP contribution in [0.1, 0.15) is 13.8 Å². The number of benzene rings is 2. The number of hydrogen-bond acceptors (Lipinski definition) is 4. The average molecular weight is 300 g/mol. The summed E-state index contributed by atoms with van der Waals surface area (Å²) in [5.74, 6) is 1.75. The van der Waals surface area contributed by atoms with E-state index in [1.54, 1.807) is 7.11 Å². The predicted molar refractivity (Wildman–Crippen MR) is 92.2 cm³/mol. The number of ether oxygens (including phenoxy) is 2. The van der Waals surface area contributed by atoms with E-state index in [0.717, 1.165) is 36.0 Å². The minimum absolute atomic E-state index is 0.167. The summed E-state index contributed by atoms with van der Waals surface area (Å²) in [7, 11) is 1.67. The molecule has 2 N–H and O–H groups in total. The molecule has 0 aromatic heterocycles. The first kappa shape index (κ1) is 16.0. The average Bonchev–Trinajstić information content (AvgIpc) is 2.53. The highest BCUT2D eigenvalue weighted by Crippen LogP contribution is 2.24. The number of rotatable bonds is 8. The van der Waals surface area contributed by atoms with Crippen LogP contribution in [0.3, 0.4) is 0 Å². The molecule has 4 heteroatoms. The largest absolute Gasteiger partial charge is 0.497 e. The molecule has 0 saturated heterocycles. The van der Waals surface area contributed by atoms with Gasteiger partial charge in [0.05, 0.1) is 18.9 Å². The molecule has 0 aliphatic heterocycles. The molecule has 0 fully saturated rings. The van der Waals surface area contributed by atoms with E-state index in [4.69, 9.17) is 9.47 Å². The number of hydrogen-bond donors (Lipinski definition) is 2. The monoisotopic (exact) mass is 300 g/mol. The van der Waals surface area contributed by atoms with Gasteiger partial charge in [0.2, 0.25) is 0 Å². The molecule has 0 radical (unpaired) electrons. The molecule has 0 aliphatic carbocycles. The third kappa shape index (κ3) is 4.88. The highest BCUT2D eigenvalue weighted by atomic mass is 16.5. The van der Waals surface area contributed by atoms with Crippen LogP contribution in [0.4, 0.5) is 11.4 Å². The van der Waals surface area contributed by atoms with E-state index in [-0.39, 0.29) is 6.10 Å². The zero-order valence-corrected chi connectivity index (χ0v) is 13.4. The normalized spacial score (nSPS) is 10.4. The van der Waals surface area contributed by atoms with Crippen molar-refractivity contribution in [2.75, 3.05) is 30.8 Å². The summed E-state index contributed by atoms with van der Waals surface area (Å²) >= 11 is 0. The highest BCUT2D eigenvalue weighted by molar-refractivity contribution is 5.56. The highest BCUT2D eigenvalue weighted by Gasteiger charge is 2.03. The van der Waals surface area contributed by atoms with Crippen LogP contribution < -0.4 is 20.1 Å². The van der Waals surface area contributed by atoms with Crippen LogP contribution in [-0.2, 0) is 0 Å². The summed E-state index contributed by atoms with van der Waals surface area (Å²) in [5.41, 5.74) is 2.10. The van der Waals surface area contributed by atoms with Gasteiger partial charge in [0.1, 0.15) is 11.5 Å². The molecule has 2 aromatic rings. The van der Waals surface area contributed by atoms with Gasteiger partial charge < -0.3 is 20.1 Å². The van der Waals surface area contributed by atoms with E-state index in [9.17, 15) is 0 Å². The fourth-order valence-corrected chi connectivity index (χ4v) is 2.08. The van der Waals surface area contributed by atoms with Crippen molar-refractivity contribution >= 4 is 11.4 Å². The Kier molecular flexibility index (Phi) is 5.95. The Morgan fingerprint density at radius 2 is 1.59 bits per heavy atom. The van der Waals surface area contributed by atoms with Gasteiger partial charge >= 0.3 is 0 Å². The zero-order valence-electron chi connectivity index (χ0n) is 13.4. The molecule has 0 heterocycles. The fraction of sp³-hybridized carbons (Fsp3) is 0.333. The van der Waals surface area contributed by atoms with E-state index in [1.165, 1.54) is 0 Å². The van der Waals surface area contributed by atoms with E-state index < -0.39 is 0 Å². The van der Waals surface area contributed by atoms with Crippen molar-refractivity contribution in [3.05, 3.63) is 48.5 Å². The molecule has 0 atom stereocenters. The second-order valence-corrected chi connectivity index (χ2v) is 5.24. The first-order valence-electron chi connectivity index (χ1n) is 7.56. The van der Waals surface area contributed by atoms with E-state index in [0.29, 0.717) is 0 Å². The molecular weight excluding hydrogens is 276 g/mol. The molecule has 0 amide bonds. The SMILES string of the molecule is COc1ccc(NCCNc2ccccc2OC(C)C)cc1. The van der Waals surface area contributed by atoms with Crippen LogP contribution in [0.15, 0.2) is 48.5 Å². The summed E-state index contributed by atoms with van der Waals surface area (Å²) in [6.45, 7) is 5.69. The van der Waals surface area contributed by atoms with Crippen molar-refractivity contribution in [2.45, 2.75) is 20.0 Å². The molecule has 0 spiro atoms. The Balaban J connectivity index is 1.81. The lowest BCUT2D eigenvalue weighted by molar-refractivity contribution is 0.243. The summed E-state index contributed by atoms with van der Waals surface area (Å²) in [6.07, 6.45) is 0.167. The van der Waals surface area contributed by atoms with Gasteiger partial charge in [-0.05, 0) is 50.2 Å². The summed E-state index contributed by atoms with van der Waals surface area (Å²) in [5, 5.41) is 6.77. The molecule has 118 valence electrons. The maximum atomic E-state index is 5.79. The molecule has 2 aromatic carbocycles. The lowest BCUT2D eigenvalue weighted by atomic mass is 10.3. The first-order valence-corrected chi connectivity index (χ1v) is 7.56. The van der Waals surface area contributed by atoms with Crippen LogP contribution in [0.5, 0.6) is 11.5 Å². The number of para-hydroxylation sites is 2. The maximum absolute atomic E-state index is 5.79. The van der Waals surface area contributed by atoms with Crippen LogP contribution in [0.2, 0.25) is 0 Å². The maximum Gasteiger partial charge on any atom is 0.142 e. The molecule has 0 aliphatic rings. The standard InChI is InChI=1S/C18H24N2O2/c1-14(2)22-18-7-5-4-6-17(18)20-13-12-19-15-8-10-16(21-3)11-9-15/h4-11,14,19-20H,12-13H2,1-3H3. The summed E-state index contributed by atoms with van der Waals surface area (Å²) in [6, 6.07) is 15.9. The number of methoxy groups -OCH3 is 1. The third-order valence-electron chi connectivity index (χ3n) is 3.11. The van der Waals surface area contributed by atoms with Gasteiger partial charge in [-0.15, -0.1) is 0 Å². The van der Waals surface area contributed by atoms with Crippen molar-refractivity contribution in [3.8, 4) is 11.5 Å². The smallest absolute Gasteiger partial charge is 0.142 e. The summed E-state index contributed by atoms with van der Waals surface area (Å²) in [4.78, 5) is 0. The molecule has 22 heavy (non-hydrogen) atoms. The van der Waals surface area contributed by atoms with Crippen molar-refractivity contribution in [3.63, 3.8) is 0 Å². The van der Waals surface area contributed by atoms with Crippen LogP contribution in [0, 0.1) is 0 Å².